The first-order valence-electron chi connectivity index (χ1n) is 16.3. The lowest BCUT2D eigenvalue weighted by molar-refractivity contribution is -0.118. The van der Waals surface area contributed by atoms with Gasteiger partial charge in [-0.2, -0.15) is 0 Å². The number of hydrogen-bond acceptors (Lipinski definition) is 5. The van der Waals surface area contributed by atoms with Crippen LogP contribution in [0.25, 0.3) is 11.3 Å². The van der Waals surface area contributed by atoms with Crippen LogP contribution in [0.4, 0.5) is 4.79 Å². The van der Waals surface area contributed by atoms with Gasteiger partial charge in [-0.05, 0) is 56.7 Å². The predicted molar refractivity (Wildman–Crippen MR) is 186 cm³/mol. The van der Waals surface area contributed by atoms with Gasteiger partial charge in [0, 0.05) is 36.8 Å². The van der Waals surface area contributed by atoms with Crippen LogP contribution in [0.5, 0.6) is 0 Å². The van der Waals surface area contributed by atoms with Crippen LogP contribution in [0.2, 0.25) is 0 Å². The third kappa shape index (κ3) is 10.4. The van der Waals surface area contributed by atoms with E-state index < -0.39 is 11.7 Å². The minimum absolute atomic E-state index is 0.0843. The number of alkyl carbamates (subject to hydrolysis) is 1. The Kier molecular flexibility index (Phi) is 11.8. The third-order valence-corrected chi connectivity index (χ3v) is 7.66. The molecule has 0 fully saturated rings. The van der Waals surface area contributed by atoms with Crippen LogP contribution in [0.3, 0.4) is 0 Å². The lowest BCUT2D eigenvalue weighted by Gasteiger charge is -2.40. The summed E-state index contributed by atoms with van der Waals surface area (Å²) in [5.74, 6) is 0.635. The molecule has 0 saturated heterocycles. The van der Waals surface area contributed by atoms with E-state index in [1.54, 1.807) is 20.8 Å². The standard InChI is InChI=1S/C39H48N4O4/c1-38(2,3)34(35-41-33(30-20-12-8-13-21-30)28-42(35)27-29-18-10-7-11-19-29)43(36(45)31-22-14-9-15-23-31)25-17-16-24-32(44)26-40-37(46)47-39(4,5)6/h7-15,18-23,28,34H,16-17,24-27H2,1-6H3,(H,40,46)/t34-/m0/s1. The number of rotatable bonds is 13. The summed E-state index contributed by atoms with van der Waals surface area (Å²) < 4.78 is 7.41. The maximum absolute atomic E-state index is 14.3. The molecule has 47 heavy (non-hydrogen) atoms. The van der Waals surface area contributed by atoms with Gasteiger partial charge < -0.3 is 19.5 Å². The summed E-state index contributed by atoms with van der Waals surface area (Å²) in [5.41, 5.74) is 2.57. The zero-order valence-electron chi connectivity index (χ0n) is 28.5. The largest absolute Gasteiger partial charge is 0.444 e. The van der Waals surface area contributed by atoms with Crippen LogP contribution >= 0.6 is 0 Å². The summed E-state index contributed by atoms with van der Waals surface area (Å²) in [6.07, 6.45) is 2.92. The summed E-state index contributed by atoms with van der Waals surface area (Å²) >= 11 is 0. The summed E-state index contributed by atoms with van der Waals surface area (Å²) in [6.45, 7) is 12.7. The molecule has 1 atom stereocenters. The molecule has 0 radical (unpaired) electrons. The Bertz CT molecular complexity index is 1600. The van der Waals surface area contributed by atoms with Crippen LogP contribution in [-0.4, -0.2) is 50.9 Å². The van der Waals surface area contributed by atoms with Crippen LogP contribution < -0.4 is 5.32 Å². The molecule has 1 aromatic heterocycles. The highest BCUT2D eigenvalue weighted by Gasteiger charge is 2.38. The van der Waals surface area contributed by atoms with Gasteiger partial charge in [0.1, 0.15) is 11.4 Å². The Balaban J connectivity index is 1.63. The van der Waals surface area contributed by atoms with Crippen LogP contribution in [0, 0.1) is 5.41 Å². The molecule has 0 saturated carbocycles. The van der Waals surface area contributed by atoms with Crippen molar-refractivity contribution in [1.29, 1.82) is 0 Å². The smallest absolute Gasteiger partial charge is 0.408 e. The van der Waals surface area contributed by atoms with E-state index in [9.17, 15) is 14.4 Å². The number of amides is 2. The Hall–Kier alpha value is -4.72. The molecule has 0 aliphatic carbocycles. The Labute approximate surface area is 279 Å². The van der Waals surface area contributed by atoms with Gasteiger partial charge in [-0.3, -0.25) is 9.59 Å². The van der Waals surface area contributed by atoms with Crippen LogP contribution in [0.1, 0.15) is 88.6 Å². The molecule has 0 bridgehead atoms. The van der Waals surface area contributed by atoms with Gasteiger partial charge in [-0.15, -0.1) is 0 Å². The van der Waals surface area contributed by atoms with E-state index in [-0.39, 0.29) is 36.1 Å². The monoisotopic (exact) mass is 636 g/mol. The summed E-state index contributed by atoms with van der Waals surface area (Å²) in [7, 11) is 0. The summed E-state index contributed by atoms with van der Waals surface area (Å²) in [6, 6.07) is 29.3. The number of aromatic nitrogens is 2. The highest BCUT2D eigenvalue weighted by atomic mass is 16.6. The second-order valence-electron chi connectivity index (χ2n) is 13.9. The lowest BCUT2D eigenvalue weighted by atomic mass is 9.84. The number of Topliss-reactive ketones (excluding diaryl/α,β-unsaturated/α-hetero) is 1. The maximum Gasteiger partial charge on any atom is 0.408 e. The minimum atomic E-state index is -0.636. The van der Waals surface area contributed by atoms with E-state index in [0.29, 0.717) is 31.5 Å². The highest BCUT2D eigenvalue weighted by Crippen LogP contribution is 2.40. The third-order valence-electron chi connectivity index (χ3n) is 7.66. The molecule has 3 aromatic carbocycles. The number of unbranched alkanes of at least 4 members (excludes halogenated alkanes) is 1. The first kappa shape index (κ1) is 35.1. The zero-order valence-corrected chi connectivity index (χ0v) is 28.5. The molecular formula is C39H48N4O4. The van der Waals surface area contributed by atoms with Crippen molar-refractivity contribution in [1.82, 2.24) is 19.8 Å². The number of ketones is 1. The molecule has 248 valence electrons. The van der Waals surface area contributed by atoms with Crippen molar-refractivity contribution in [3.63, 3.8) is 0 Å². The molecule has 1 N–H and O–H groups in total. The van der Waals surface area contributed by atoms with E-state index in [2.05, 4.69) is 49.0 Å². The molecule has 8 heteroatoms. The Morgan fingerprint density at radius 3 is 2.02 bits per heavy atom. The number of nitrogens with one attached hydrogen (secondary N) is 1. The van der Waals surface area contributed by atoms with E-state index in [1.165, 1.54) is 0 Å². The SMILES string of the molecule is CC(C)(C)OC(=O)NCC(=O)CCCCN(C(=O)c1ccccc1)[C@@H](c1nc(-c2ccccc2)cn1Cc1ccccc1)C(C)(C)C. The summed E-state index contributed by atoms with van der Waals surface area (Å²) in [4.78, 5) is 46.1. The average molecular weight is 637 g/mol. The molecule has 0 spiro atoms. The quantitative estimate of drug-likeness (QED) is 0.150. The van der Waals surface area contributed by atoms with Crippen molar-refractivity contribution in [3.8, 4) is 11.3 Å². The fraction of sp³-hybridized carbons (Fsp3) is 0.385. The van der Waals surface area contributed by atoms with Crippen molar-refractivity contribution in [2.24, 2.45) is 5.41 Å². The number of nitrogens with zero attached hydrogens (tertiary/aromatic N) is 3. The predicted octanol–water partition coefficient (Wildman–Crippen LogP) is 8.09. The van der Waals surface area contributed by atoms with Crippen LogP contribution in [0.15, 0.2) is 97.2 Å². The van der Waals surface area contributed by atoms with E-state index in [4.69, 9.17) is 9.72 Å². The number of carbonyl (C=O) groups is 3. The molecule has 0 unspecified atom stereocenters. The lowest BCUT2D eigenvalue weighted by Crippen LogP contribution is -2.43. The molecule has 1 heterocycles. The number of hydrogen-bond donors (Lipinski definition) is 1. The average Bonchev–Trinajstić information content (AvgIpc) is 3.43. The summed E-state index contributed by atoms with van der Waals surface area (Å²) in [5, 5.41) is 2.54. The van der Waals surface area contributed by atoms with Gasteiger partial charge in [-0.1, -0.05) is 99.6 Å². The van der Waals surface area contributed by atoms with Gasteiger partial charge in [0.2, 0.25) is 0 Å². The molecule has 0 aliphatic rings. The minimum Gasteiger partial charge on any atom is -0.444 e. The van der Waals surface area contributed by atoms with E-state index in [0.717, 1.165) is 22.6 Å². The van der Waals surface area contributed by atoms with Crippen molar-refractivity contribution >= 4 is 17.8 Å². The maximum atomic E-state index is 14.3. The van der Waals surface area contributed by atoms with E-state index >= 15 is 0 Å². The molecular weight excluding hydrogens is 588 g/mol. The van der Waals surface area contributed by atoms with Gasteiger partial charge in [0.25, 0.3) is 5.91 Å². The topological polar surface area (TPSA) is 93.5 Å². The molecule has 2 amide bonds. The second kappa shape index (κ2) is 15.7. The number of imidazole rings is 1. The van der Waals surface area contributed by atoms with Crippen molar-refractivity contribution < 1.29 is 19.1 Å². The van der Waals surface area contributed by atoms with Gasteiger partial charge in [-0.25, -0.2) is 9.78 Å². The van der Waals surface area contributed by atoms with Gasteiger partial charge >= 0.3 is 6.09 Å². The Morgan fingerprint density at radius 1 is 0.830 bits per heavy atom. The molecule has 8 nitrogen and oxygen atoms in total. The normalized spacial score (nSPS) is 12.3. The molecule has 4 aromatic rings. The zero-order chi connectivity index (χ0) is 34.0. The van der Waals surface area contributed by atoms with Crippen molar-refractivity contribution in [2.75, 3.05) is 13.1 Å². The van der Waals surface area contributed by atoms with Gasteiger partial charge in [0.15, 0.2) is 5.78 Å². The highest BCUT2D eigenvalue weighted by molar-refractivity contribution is 5.94. The number of ether oxygens (including phenoxy) is 1. The number of carbonyl (C=O) groups excluding carboxylic acids is 3. The number of benzene rings is 3. The van der Waals surface area contributed by atoms with E-state index in [1.807, 2.05) is 83.8 Å². The van der Waals surface area contributed by atoms with Gasteiger partial charge in [0.05, 0.1) is 18.3 Å². The fourth-order valence-electron chi connectivity index (χ4n) is 5.57. The second-order valence-corrected chi connectivity index (χ2v) is 13.9. The Morgan fingerprint density at radius 2 is 1.43 bits per heavy atom. The molecule has 0 aliphatic heterocycles. The van der Waals surface area contributed by atoms with Crippen molar-refractivity contribution in [2.45, 2.75) is 79.0 Å². The van der Waals surface area contributed by atoms with Crippen LogP contribution in [-0.2, 0) is 16.1 Å². The molecule has 4 rings (SSSR count). The first-order valence-corrected chi connectivity index (χ1v) is 16.3. The van der Waals surface area contributed by atoms with Crippen molar-refractivity contribution in [3.05, 3.63) is 114 Å². The first-order chi connectivity index (χ1) is 22.3. The fourth-order valence-corrected chi connectivity index (χ4v) is 5.57.